The lowest BCUT2D eigenvalue weighted by Gasteiger charge is -2.08. The van der Waals surface area contributed by atoms with Crippen molar-refractivity contribution in [3.8, 4) is 0 Å². The van der Waals surface area contributed by atoms with Crippen molar-refractivity contribution < 1.29 is 17.9 Å². The molecule has 102 valence electrons. The molecule has 6 nitrogen and oxygen atoms in total. The minimum Gasteiger partial charge on any atom is -0.468 e. The van der Waals surface area contributed by atoms with Gasteiger partial charge in [-0.3, -0.25) is 4.79 Å². The zero-order valence-electron chi connectivity index (χ0n) is 10.5. The van der Waals surface area contributed by atoms with E-state index in [0.29, 0.717) is 16.5 Å². The maximum absolute atomic E-state index is 11.5. The molecule has 0 saturated carbocycles. The number of methoxy groups -OCH3 is 1. The number of sulfone groups is 1. The lowest BCUT2D eigenvalue weighted by molar-refractivity contribution is -0.142. The number of ether oxygens (including phenoxy) is 1. The molecule has 0 spiro atoms. The molecule has 0 fully saturated rings. The van der Waals surface area contributed by atoms with Crippen LogP contribution in [0.1, 0.15) is 11.6 Å². The summed E-state index contributed by atoms with van der Waals surface area (Å²) in [4.78, 5) is 14.6. The smallest absolute Gasteiger partial charge is 0.327 e. The SMILES string of the molecule is COC(=O)C(N)c1c[nH]c2ccc(S(C)(=O)=O)cc12. The molecule has 0 aliphatic heterocycles. The monoisotopic (exact) mass is 282 g/mol. The number of rotatable bonds is 3. The van der Waals surface area contributed by atoms with Crippen LogP contribution in [0, 0.1) is 0 Å². The number of hydrogen-bond acceptors (Lipinski definition) is 5. The molecular formula is C12H14N2O4S. The largest absolute Gasteiger partial charge is 0.468 e. The highest BCUT2D eigenvalue weighted by Crippen LogP contribution is 2.26. The summed E-state index contributed by atoms with van der Waals surface area (Å²) >= 11 is 0. The normalized spacial score (nSPS) is 13.4. The van der Waals surface area contributed by atoms with Crippen molar-refractivity contribution in [3.63, 3.8) is 0 Å². The minimum absolute atomic E-state index is 0.179. The van der Waals surface area contributed by atoms with Crippen LogP contribution in [0.3, 0.4) is 0 Å². The van der Waals surface area contributed by atoms with Crippen molar-refractivity contribution in [1.82, 2.24) is 4.98 Å². The van der Waals surface area contributed by atoms with Crippen molar-refractivity contribution in [2.75, 3.05) is 13.4 Å². The van der Waals surface area contributed by atoms with Gasteiger partial charge < -0.3 is 15.5 Å². The fraction of sp³-hybridized carbons (Fsp3) is 0.250. The summed E-state index contributed by atoms with van der Waals surface area (Å²) < 4.78 is 27.7. The summed E-state index contributed by atoms with van der Waals surface area (Å²) in [6.07, 6.45) is 2.71. The van der Waals surface area contributed by atoms with Crippen LogP contribution in [-0.4, -0.2) is 32.7 Å². The predicted octanol–water partition coefficient (Wildman–Crippen LogP) is 0.744. The van der Waals surface area contributed by atoms with E-state index in [0.717, 1.165) is 6.26 Å². The second-order valence-corrected chi connectivity index (χ2v) is 6.24. The molecule has 2 aromatic rings. The minimum atomic E-state index is -3.31. The first-order chi connectivity index (χ1) is 8.84. The lowest BCUT2D eigenvalue weighted by atomic mass is 10.1. The fourth-order valence-corrected chi connectivity index (χ4v) is 2.51. The summed E-state index contributed by atoms with van der Waals surface area (Å²) in [5.74, 6) is -0.578. The first-order valence-corrected chi connectivity index (χ1v) is 7.38. The maximum Gasteiger partial charge on any atom is 0.327 e. The summed E-state index contributed by atoms with van der Waals surface area (Å²) in [5.41, 5.74) is 6.99. The van der Waals surface area contributed by atoms with Crippen molar-refractivity contribution in [1.29, 1.82) is 0 Å². The topological polar surface area (TPSA) is 102 Å². The zero-order valence-corrected chi connectivity index (χ0v) is 11.3. The molecule has 1 aromatic heterocycles. The van der Waals surface area contributed by atoms with E-state index in [9.17, 15) is 13.2 Å². The van der Waals surface area contributed by atoms with Crippen molar-refractivity contribution in [2.24, 2.45) is 5.73 Å². The third-order valence-electron chi connectivity index (χ3n) is 2.90. The summed E-state index contributed by atoms with van der Waals surface area (Å²) in [6, 6.07) is 3.69. The highest BCUT2D eigenvalue weighted by molar-refractivity contribution is 7.90. The molecule has 1 unspecified atom stereocenters. The molecule has 0 amide bonds. The molecule has 0 aliphatic rings. The van der Waals surface area contributed by atoms with E-state index in [1.807, 2.05) is 0 Å². The number of H-pyrrole nitrogens is 1. The van der Waals surface area contributed by atoms with E-state index < -0.39 is 21.8 Å². The van der Waals surface area contributed by atoms with Crippen LogP contribution in [0.15, 0.2) is 29.3 Å². The van der Waals surface area contributed by atoms with Crippen molar-refractivity contribution in [3.05, 3.63) is 30.0 Å². The van der Waals surface area contributed by atoms with Gasteiger partial charge in [-0.25, -0.2) is 8.42 Å². The average molecular weight is 282 g/mol. The molecule has 1 aromatic carbocycles. The third kappa shape index (κ3) is 2.47. The van der Waals surface area contributed by atoms with Gasteiger partial charge in [-0.05, 0) is 18.2 Å². The lowest BCUT2D eigenvalue weighted by Crippen LogP contribution is -2.22. The maximum atomic E-state index is 11.5. The second-order valence-electron chi connectivity index (χ2n) is 4.22. The molecule has 0 radical (unpaired) electrons. The number of fused-ring (bicyclic) bond motifs is 1. The van der Waals surface area contributed by atoms with E-state index >= 15 is 0 Å². The Hall–Kier alpha value is -1.86. The Morgan fingerprint density at radius 1 is 1.42 bits per heavy atom. The van der Waals surface area contributed by atoms with Crippen LogP contribution in [0.4, 0.5) is 0 Å². The number of nitrogens with two attached hydrogens (primary N) is 1. The van der Waals surface area contributed by atoms with Crippen LogP contribution < -0.4 is 5.73 Å². The van der Waals surface area contributed by atoms with E-state index in [-0.39, 0.29) is 4.90 Å². The summed E-state index contributed by atoms with van der Waals surface area (Å²) in [5, 5.41) is 0.598. The van der Waals surface area contributed by atoms with Crippen LogP contribution in [0.2, 0.25) is 0 Å². The number of carbonyl (C=O) groups is 1. The first kappa shape index (κ1) is 13.6. The molecule has 0 saturated heterocycles. The number of benzene rings is 1. The Labute approximate surface area is 110 Å². The van der Waals surface area contributed by atoms with Gasteiger partial charge in [0, 0.05) is 28.9 Å². The quantitative estimate of drug-likeness (QED) is 0.808. The summed E-state index contributed by atoms with van der Waals surface area (Å²) in [6.45, 7) is 0. The Balaban J connectivity index is 2.61. The second kappa shape index (κ2) is 4.67. The number of aromatic amines is 1. The van der Waals surface area contributed by atoms with Crippen LogP contribution in [0.5, 0.6) is 0 Å². The number of hydrogen-bond donors (Lipinski definition) is 2. The van der Waals surface area contributed by atoms with E-state index in [1.54, 1.807) is 12.3 Å². The van der Waals surface area contributed by atoms with Gasteiger partial charge in [0.1, 0.15) is 6.04 Å². The van der Waals surface area contributed by atoms with E-state index in [2.05, 4.69) is 9.72 Å². The molecule has 1 heterocycles. The summed E-state index contributed by atoms with van der Waals surface area (Å²) in [7, 11) is -2.06. The molecule has 7 heteroatoms. The van der Waals surface area contributed by atoms with Crippen LogP contribution in [-0.2, 0) is 19.4 Å². The average Bonchev–Trinajstić information content (AvgIpc) is 2.78. The highest BCUT2D eigenvalue weighted by Gasteiger charge is 2.20. The molecule has 19 heavy (non-hydrogen) atoms. The Morgan fingerprint density at radius 3 is 2.68 bits per heavy atom. The van der Waals surface area contributed by atoms with E-state index in [1.165, 1.54) is 19.2 Å². The first-order valence-electron chi connectivity index (χ1n) is 5.49. The predicted molar refractivity (Wildman–Crippen MR) is 70.4 cm³/mol. The van der Waals surface area contributed by atoms with Gasteiger partial charge in [-0.2, -0.15) is 0 Å². The van der Waals surface area contributed by atoms with Gasteiger partial charge in [-0.1, -0.05) is 0 Å². The van der Waals surface area contributed by atoms with E-state index in [4.69, 9.17) is 5.73 Å². The standard InChI is InChI=1S/C12H14N2O4S/c1-18-12(15)11(13)9-6-14-10-4-3-7(5-8(9)10)19(2,16)17/h3-6,11,14H,13H2,1-2H3. The Bertz CT molecular complexity index is 733. The molecule has 1 atom stereocenters. The van der Waals surface area contributed by atoms with Gasteiger partial charge in [0.15, 0.2) is 9.84 Å². The number of nitrogens with one attached hydrogen (secondary N) is 1. The Morgan fingerprint density at radius 2 is 2.11 bits per heavy atom. The van der Waals surface area contributed by atoms with Crippen molar-refractivity contribution in [2.45, 2.75) is 10.9 Å². The van der Waals surface area contributed by atoms with Crippen molar-refractivity contribution >= 4 is 26.7 Å². The molecule has 0 bridgehead atoms. The number of aromatic nitrogens is 1. The fourth-order valence-electron chi connectivity index (χ4n) is 1.86. The van der Waals surface area contributed by atoms with Gasteiger partial charge in [0.05, 0.1) is 12.0 Å². The molecule has 3 N–H and O–H groups in total. The van der Waals surface area contributed by atoms with Gasteiger partial charge in [0.25, 0.3) is 0 Å². The third-order valence-corrected chi connectivity index (χ3v) is 4.01. The van der Waals surface area contributed by atoms with Gasteiger partial charge in [-0.15, -0.1) is 0 Å². The van der Waals surface area contributed by atoms with Gasteiger partial charge >= 0.3 is 5.97 Å². The molecular weight excluding hydrogens is 268 g/mol. The Kier molecular flexibility index (Phi) is 3.34. The van der Waals surface area contributed by atoms with Crippen LogP contribution >= 0.6 is 0 Å². The number of carbonyl (C=O) groups excluding carboxylic acids is 1. The zero-order chi connectivity index (χ0) is 14.2. The highest BCUT2D eigenvalue weighted by atomic mass is 32.2. The number of esters is 1. The van der Waals surface area contributed by atoms with Crippen LogP contribution in [0.25, 0.3) is 10.9 Å². The molecule has 0 aliphatic carbocycles. The molecule has 2 rings (SSSR count). The van der Waals surface area contributed by atoms with Gasteiger partial charge in [0.2, 0.25) is 0 Å².